The number of ether oxygens (including phenoxy) is 1. The molecule has 0 aliphatic rings. The molecule has 15 heavy (non-hydrogen) atoms. The minimum atomic E-state index is -0.319. The standard InChI is InChI=1S/C11H23NO2S/c1-6-14-10(13)12-7-8-15-11(4,5)9(2)3/h9H,6-8H2,1-5H3,(H,12,13). The zero-order valence-corrected chi connectivity index (χ0v) is 11.2. The van der Waals surface area contributed by atoms with Crippen LogP contribution in [0.2, 0.25) is 0 Å². The first-order valence-electron chi connectivity index (χ1n) is 5.44. The van der Waals surface area contributed by atoms with Gasteiger partial charge >= 0.3 is 6.09 Å². The number of hydrogen-bond acceptors (Lipinski definition) is 3. The summed E-state index contributed by atoms with van der Waals surface area (Å²) in [6.45, 7) is 11.8. The van der Waals surface area contributed by atoms with Gasteiger partial charge in [0.15, 0.2) is 0 Å². The Bertz CT molecular complexity index is 193. The van der Waals surface area contributed by atoms with Crippen LogP contribution in [0.1, 0.15) is 34.6 Å². The van der Waals surface area contributed by atoms with Crippen LogP contribution in [0.5, 0.6) is 0 Å². The smallest absolute Gasteiger partial charge is 0.407 e. The number of hydrogen-bond donors (Lipinski definition) is 1. The Morgan fingerprint density at radius 3 is 2.53 bits per heavy atom. The fourth-order valence-electron chi connectivity index (χ4n) is 0.816. The third-order valence-electron chi connectivity index (χ3n) is 2.51. The van der Waals surface area contributed by atoms with E-state index in [1.807, 2.05) is 11.8 Å². The molecule has 0 aliphatic heterocycles. The quantitative estimate of drug-likeness (QED) is 0.717. The van der Waals surface area contributed by atoms with Crippen LogP contribution in [0.3, 0.4) is 0 Å². The van der Waals surface area contributed by atoms with Crippen LogP contribution in [-0.4, -0.2) is 29.7 Å². The van der Waals surface area contributed by atoms with Gasteiger partial charge in [-0.25, -0.2) is 4.79 Å². The van der Waals surface area contributed by atoms with Gasteiger partial charge in [0, 0.05) is 17.0 Å². The second-order valence-electron chi connectivity index (χ2n) is 4.25. The van der Waals surface area contributed by atoms with Gasteiger partial charge in [0.25, 0.3) is 0 Å². The molecule has 0 heterocycles. The van der Waals surface area contributed by atoms with E-state index in [1.165, 1.54) is 0 Å². The van der Waals surface area contributed by atoms with Crippen molar-refractivity contribution in [3.63, 3.8) is 0 Å². The lowest BCUT2D eigenvalue weighted by Crippen LogP contribution is -2.29. The van der Waals surface area contributed by atoms with Crippen molar-refractivity contribution < 1.29 is 9.53 Å². The number of carbonyl (C=O) groups excluding carboxylic acids is 1. The number of carbonyl (C=O) groups is 1. The van der Waals surface area contributed by atoms with Crippen molar-refractivity contribution in [2.75, 3.05) is 18.9 Å². The van der Waals surface area contributed by atoms with Gasteiger partial charge < -0.3 is 10.1 Å². The van der Waals surface area contributed by atoms with Gasteiger partial charge in [-0.05, 0) is 12.8 Å². The molecule has 1 N–H and O–H groups in total. The average molecular weight is 233 g/mol. The molecule has 0 rings (SSSR count). The molecule has 0 aliphatic carbocycles. The highest BCUT2D eigenvalue weighted by atomic mass is 32.2. The molecule has 90 valence electrons. The van der Waals surface area contributed by atoms with Crippen molar-refractivity contribution in [3.8, 4) is 0 Å². The average Bonchev–Trinajstić information content (AvgIpc) is 2.13. The molecule has 0 atom stereocenters. The van der Waals surface area contributed by atoms with E-state index in [9.17, 15) is 4.79 Å². The molecule has 3 nitrogen and oxygen atoms in total. The largest absolute Gasteiger partial charge is 0.450 e. The summed E-state index contributed by atoms with van der Waals surface area (Å²) in [5, 5.41) is 2.71. The molecular formula is C11H23NO2S. The number of nitrogens with one attached hydrogen (secondary N) is 1. The van der Waals surface area contributed by atoms with Crippen LogP contribution in [0, 0.1) is 5.92 Å². The van der Waals surface area contributed by atoms with Crippen molar-refractivity contribution >= 4 is 17.9 Å². The Morgan fingerprint density at radius 1 is 1.47 bits per heavy atom. The van der Waals surface area contributed by atoms with E-state index in [4.69, 9.17) is 4.74 Å². The van der Waals surface area contributed by atoms with Crippen LogP contribution >= 0.6 is 11.8 Å². The van der Waals surface area contributed by atoms with E-state index in [0.29, 0.717) is 19.1 Å². The number of thioether (sulfide) groups is 1. The highest BCUT2D eigenvalue weighted by molar-refractivity contribution is 8.00. The SMILES string of the molecule is CCOC(=O)NCCSC(C)(C)C(C)C. The van der Waals surface area contributed by atoms with E-state index in [1.54, 1.807) is 6.92 Å². The maximum absolute atomic E-state index is 11.0. The maximum Gasteiger partial charge on any atom is 0.407 e. The van der Waals surface area contributed by atoms with Crippen LogP contribution < -0.4 is 5.32 Å². The summed E-state index contributed by atoms with van der Waals surface area (Å²) in [5.41, 5.74) is 0. The molecule has 0 spiro atoms. The highest BCUT2D eigenvalue weighted by Gasteiger charge is 2.22. The Balaban J connectivity index is 3.58. The lowest BCUT2D eigenvalue weighted by molar-refractivity contribution is 0.153. The van der Waals surface area contributed by atoms with Crippen molar-refractivity contribution in [2.24, 2.45) is 5.92 Å². The lowest BCUT2D eigenvalue weighted by Gasteiger charge is -2.28. The minimum Gasteiger partial charge on any atom is -0.450 e. The zero-order chi connectivity index (χ0) is 11.9. The zero-order valence-electron chi connectivity index (χ0n) is 10.4. The summed E-state index contributed by atoms with van der Waals surface area (Å²) in [5.74, 6) is 1.55. The summed E-state index contributed by atoms with van der Waals surface area (Å²) in [6.07, 6.45) is -0.319. The lowest BCUT2D eigenvalue weighted by atomic mass is 10.00. The first-order chi connectivity index (χ1) is 6.90. The molecule has 4 heteroatoms. The molecule has 0 saturated carbocycles. The second-order valence-corrected chi connectivity index (χ2v) is 6.00. The molecular weight excluding hydrogens is 210 g/mol. The number of rotatable bonds is 6. The predicted octanol–water partition coefficient (Wildman–Crippen LogP) is 2.90. The van der Waals surface area contributed by atoms with E-state index in [0.717, 1.165) is 5.75 Å². The first kappa shape index (κ1) is 14.6. The van der Waals surface area contributed by atoms with Crippen molar-refractivity contribution in [3.05, 3.63) is 0 Å². The first-order valence-corrected chi connectivity index (χ1v) is 6.43. The van der Waals surface area contributed by atoms with Gasteiger partial charge in [-0.2, -0.15) is 11.8 Å². The third kappa shape index (κ3) is 6.66. The van der Waals surface area contributed by atoms with Gasteiger partial charge in [0.2, 0.25) is 0 Å². The summed E-state index contributed by atoms with van der Waals surface area (Å²) < 4.78 is 5.02. The molecule has 0 bridgehead atoms. The molecule has 0 unspecified atom stereocenters. The third-order valence-corrected chi connectivity index (χ3v) is 4.13. The molecule has 0 radical (unpaired) electrons. The van der Waals surface area contributed by atoms with Gasteiger partial charge in [-0.3, -0.25) is 0 Å². The van der Waals surface area contributed by atoms with Crippen molar-refractivity contribution in [1.29, 1.82) is 0 Å². The second kappa shape index (κ2) is 6.99. The summed E-state index contributed by atoms with van der Waals surface area (Å²) in [7, 11) is 0. The van der Waals surface area contributed by atoms with E-state index >= 15 is 0 Å². The molecule has 0 aromatic carbocycles. The Labute approximate surface area is 97.3 Å². The van der Waals surface area contributed by atoms with Crippen molar-refractivity contribution in [2.45, 2.75) is 39.4 Å². The van der Waals surface area contributed by atoms with Gasteiger partial charge in [-0.1, -0.05) is 27.7 Å². The van der Waals surface area contributed by atoms with E-state index < -0.39 is 0 Å². The van der Waals surface area contributed by atoms with E-state index in [-0.39, 0.29) is 10.8 Å². The van der Waals surface area contributed by atoms with Crippen LogP contribution in [-0.2, 0) is 4.74 Å². The normalized spacial score (nSPS) is 11.6. The van der Waals surface area contributed by atoms with Crippen LogP contribution in [0.4, 0.5) is 4.79 Å². The highest BCUT2D eigenvalue weighted by Crippen LogP contribution is 2.31. The number of amides is 1. The fraction of sp³-hybridized carbons (Fsp3) is 0.909. The Morgan fingerprint density at radius 2 is 2.07 bits per heavy atom. The van der Waals surface area contributed by atoms with Crippen LogP contribution in [0.25, 0.3) is 0 Å². The number of alkyl carbamates (subject to hydrolysis) is 1. The predicted molar refractivity (Wildman–Crippen MR) is 66.4 cm³/mol. The topological polar surface area (TPSA) is 38.3 Å². The maximum atomic E-state index is 11.0. The minimum absolute atomic E-state index is 0.260. The Hall–Kier alpha value is -0.380. The summed E-state index contributed by atoms with van der Waals surface area (Å²) in [4.78, 5) is 11.0. The van der Waals surface area contributed by atoms with Crippen LogP contribution in [0.15, 0.2) is 0 Å². The molecule has 0 aromatic rings. The van der Waals surface area contributed by atoms with Gasteiger partial charge in [0.1, 0.15) is 0 Å². The molecule has 0 fully saturated rings. The summed E-state index contributed by atoms with van der Waals surface area (Å²) >= 11 is 1.88. The molecule has 1 amide bonds. The molecule has 0 saturated heterocycles. The van der Waals surface area contributed by atoms with Gasteiger partial charge in [0.05, 0.1) is 6.61 Å². The van der Waals surface area contributed by atoms with Gasteiger partial charge in [-0.15, -0.1) is 0 Å². The Kier molecular flexibility index (Phi) is 6.81. The summed E-state index contributed by atoms with van der Waals surface area (Å²) in [6, 6.07) is 0. The molecule has 0 aromatic heterocycles. The van der Waals surface area contributed by atoms with E-state index in [2.05, 4.69) is 33.0 Å². The monoisotopic (exact) mass is 233 g/mol. The van der Waals surface area contributed by atoms with Crippen molar-refractivity contribution in [1.82, 2.24) is 5.32 Å². The fourth-order valence-corrected chi connectivity index (χ4v) is 1.88.